The summed E-state index contributed by atoms with van der Waals surface area (Å²) in [7, 11) is 1.33. The molecule has 0 aliphatic heterocycles. The first-order valence-electron chi connectivity index (χ1n) is 6.68. The minimum Gasteiger partial charge on any atom is -0.480 e. The molecule has 21 heavy (non-hydrogen) atoms. The third-order valence-corrected chi connectivity index (χ3v) is 3.76. The Morgan fingerprint density at radius 2 is 2.05 bits per heavy atom. The number of carboxylic acids is 1. The molecule has 2 N–H and O–H groups in total. The summed E-state index contributed by atoms with van der Waals surface area (Å²) in [6, 6.07) is 4.52. The number of benzene rings is 1. The molecule has 0 saturated heterocycles. The smallest absolute Gasteiger partial charge is 0.337 e. The Labute approximate surface area is 132 Å². The lowest BCUT2D eigenvalue weighted by Gasteiger charge is -2.17. The largest absolute Gasteiger partial charge is 0.480 e. The van der Waals surface area contributed by atoms with E-state index < -0.39 is 18.0 Å². The molecule has 6 heteroatoms. The number of carbonyl (C=O) groups is 2. The predicted molar refractivity (Wildman–Crippen MR) is 83.2 cm³/mol. The predicted octanol–water partition coefficient (Wildman–Crippen LogP) is 2.82. The molecule has 0 fully saturated rings. The summed E-state index contributed by atoms with van der Waals surface area (Å²) in [4.78, 5) is 22.6. The second-order valence-electron chi connectivity index (χ2n) is 5.20. The van der Waals surface area contributed by atoms with Crippen molar-refractivity contribution < 1.29 is 19.4 Å². The normalized spacial score (nSPS) is 12.2. The van der Waals surface area contributed by atoms with Gasteiger partial charge in [0.1, 0.15) is 6.04 Å². The highest BCUT2D eigenvalue weighted by Gasteiger charge is 2.18. The van der Waals surface area contributed by atoms with Gasteiger partial charge in [0.15, 0.2) is 0 Å². The van der Waals surface area contributed by atoms with Gasteiger partial charge in [-0.3, -0.25) is 4.79 Å². The van der Waals surface area contributed by atoms with Crippen LogP contribution in [0.4, 0.5) is 0 Å². The summed E-state index contributed by atoms with van der Waals surface area (Å²) in [5.74, 6) is -0.965. The summed E-state index contributed by atoms with van der Waals surface area (Å²) < 4.78 is 5.39. The fourth-order valence-electron chi connectivity index (χ4n) is 1.91. The molecule has 1 aromatic carbocycles. The van der Waals surface area contributed by atoms with Crippen LogP contribution in [-0.2, 0) is 16.1 Å². The molecule has 5 nitrogen and oxygen atoms in total. The van der Waals surface area contributed by atoms with E-state index in [4.69, 9.17) is 0 Å². The molecular formula is C15H20BrNO4. The van der Waals surface area contributed by atoms with E-state index in [1.165, 1.54) is 7.11 Å². The quantitative estimate of drug-likeness (QED) is 0.733. The van der Waals surface area contributed by atoms with Crippen molar-refractivity contribution in [1.82, 2.24) is 5.32 Å². The van der Waals surface area contributed by atoms with Gasteiger partial charge in [-0.05, 0) is 30.0 Å². The first-order valence-corrected chi connectivity index (χ1v) is 7.47. The Morgan fingerprint density at radius 1 is 1.38 bits per heavy atom. The summed E-state index contributed by atoms with van der Waals surface area (Å²) in [5.41, 5.74) is 1.34. The zero-order chi connectivity index (χ0) is 16.0. The fraction of sp³-hybridized carbons (Fsp3) is 0.467. The Hall–Kier alpha value is -1.40. The average Bonchev–Trinajstić information content (AvgIpc) is 2.42. The molecule has 0 aliphatic rings. The van der Waals surface area contributed by atoms with Crippen LogP contribution in [0.5, 0.6) is 0 Å². The van der Waals surface area contributed by atoms with Gasteiger partial charge in [-0.1, -0.05) is 35.8 Å². The number of nitrogens with one attached hydrogen (secondary N) is 1. The Bertz CT molecular complexity index is 516. The van der Waals surface area contributed by atoms with E-state index in [0.717, 1.165) is 10.0 Å². The number of esters is 1. The standard InChI is InChI=1S/C15H20BrNO4/c1-9(2)6-13(14(18)19)17-8-11-5-4-10(7-12(11)16)15(20)21-3/h4-5,7,9,13,17H,6,8H2,1-3H3,(H,18,19)/t13-/m0/s1. The van der Waals surface area contributed by atoms with Gasteiger partial charge in [-0.15, -0.1) is 0 Å². The van der Waals surface area contributed by atoms with Crippen LogP contribution in [0.3, 0.4) is 0 Å². The van der Waals surface area contributed by atoms with E-state index in [9.17, 15) is 14.7 Å². The van der Waals surface area contributed by atoms with Gasteiger partial charge in [0.05, 0.1) is 12.7 Å². The summed E-state index contributed by atoms with van der Waals surface area (Å²) in [6.45, 7) is 4.38. The highest BCUT2D eigenvalue weighted by Crippen LogP contribution is 2.19. The summed E-state index contributed by atoms with van der Waals surface area (Å²) in [5, 5.41) is 12.2. The van der Waals surface area contributed by atoms with E-state index in [-0.39, 0.29) is 0 Å². The van der Waals surface area contributed by atoms with E-state index in [0.29, 0.717) is 24.4 Å². The second-order valence-corrected chi connectivity index (χ2v) is 6.05. The van der Waals surface area contributed by atoms with Crippen LogP contribution in [0, 0.1) is 5.92 Å². The number of halogens is 1. The van der Waals surface area contributed by atoms with Crippen LogP contribution in [0.2, 0.25) is 0 Å². The van der Waals surface area contributed by atoms with Gasteiger partial charge >= 0.3 is 11.9 Å². The number of carboxylic acid groups (broad SMARTS) is 1. The minimum absolute atomic E-state index is 0.295. The molecule has 1 atom stereocenters. The maximum Gasteiger partial charge on any atom is 0.337 e. The van der Waals surface area contributed by atoms with Gasteiger partial charge in [0, 0.05) is 11.0 Å². The van der Waals surface area contributed by atoms with Crippen molar-refractivity contribution in [3.63, 3.8) is 0 Å². The Morgan fingerprint density at radius 3 is 2.52 bits per heavy atom. The van der Waals surface area contributed by atoms with Crippen molar-refractivity contribution in [2.75, 3.05) is 7.11 Å². The Balaban J connectivity index is 2.74. The lowest BCUT2D eigenvalue weighted by molar-refractivity contribution is -0.140. The highest BCUT2D eigenvalue weighted by molar-refractivity contribution is 9.10. The first-order chi connectivity index (χ1) is 9.85. The van der Waals surface area contributed by atoms with Gasteiger partial charge in [0.2, 0.25) is 0 Å². The van der Waals surface area contributed by atoms with Crippen molar-refractivity contribution >= 4 is 27.9 Å². The number of carbonyl (C=O) groups excluding carboxylic acids is 1. The van der Waals surface area contributed by atoms with Crippen molar-refractivity contribution in [1.29, 1.82) is 0 Å². The molecule has 0 aliphatic carbocycles. The average molecular weight is 358 g/mol. The molecule has 0 radical (unpaired) electrons. The second kappa shape index (κ2) is 8.14. The lowest BCUT2D eigenvalue weighted by atomic mass is 10.0. The molecule has 0 heterocycles. The van der Waals surface area contributed by atoms with Crippen LogP contribution >= 0.6 is 15.9 Å². The summed E-state index contributed by atoms with van der Waals surface area (Å²) in [6.07, 6.45) is 0.563. The maximum atomic E-state index is 11.4. The molecule has 0 saturated carbocycles. The SMILES string of the molecule is COC(=O)c1ccc(CN[C@@H](CC(C)C)C(=O)O)c(Br)c1. The van der Waals surface area contributed by atoms with Crippen LogP contribution in [-0.4, -0.2) is 30.2 Å². The summed E-state index contributed by atoms with van der Waals surface area (Å²) >= 11 is 3.39. The fourth-order valence-corrected chi connectivity index (χ4v) is 2.43. The number of hydrogen-bond acceptors (Lipinski definition) is 4. The van der Waals surface area contributed by atoms with E-state index in [2.05, 4.69) is 26.0 Å². The van der Waals surface area contributed by atoms with Crippen molar-refractivity contribution in [2.24, 2.45) is 5.92 Å². The number of methoxy groups -OCH3 is 1. The molecule has 116 valence electrons. The molecule has 0 unspecified atom stereocenters. The molecule has 0 aromatic heterocycles. The first kappa shape index (κ1) is 17.7. The van der Waals surface area contributed by atoms with Crippen LogP contribution < -0.4 is 5.32 Å². The maximum absolute atomic E-state index is 11.4. The van der Waals surface area contributed by atoms with Crippen molar-refractivity contribution in [2.45, 2.75) is 32.9 Å². The number of rotatable bonds is 7. The molecule has 0 spiro atoms. The third kappa shape index (κ3) is 5.47. The minimum atomic E-state index is -0.856. The van der Waals surface area contributed by atoms with Gasteiger partial charge in [-0.25, -0.2) is 4.79 Å². The lowest BCUT2D eigenvalue weighted by Crippen LogP contribution is -2.37. The molecule has 0 amide bonds. The molecular weight excluding hydrogens is 338 g/mol. The highest BCUT2D eigenvalue weighted by atomic mass is 79.9. The molecule has 1 rings (SSSR count). The number of hydrogen-bond donors (Lipinski definition) is 2. The van der Waals surface area contributed by atoms with Gasteiger partial charge in [-0.2, -0.15) is 0 Å². The van der Waals surface area contributed by atoms with Crippen molar-refractivity contribution in [3.05, 3.63) is 33.8 Å². The number of ether oxygens (including phenoxy) is 1. The van der Waals surface area contributed by atoms with E-state index in [1.54, 1.807) is 18.2 Å². The molecule has 1 aromatic rings. The third-order valence-electron chi connectivity index (χ3n) is 3.02. The zero-order valence-electron chi connectivity index (χ0n) is 12.4. The monoisotopic (exact) mass is 357 g/mol. The van der Waals surface area contributed by atoms with E-state index in [1.807, 2.05) is 13.8 Å². The van der Waals surface area contributed by atoms with Crippen molar-refractivity contribution in [3.8, 4) is 0 Å². The van der Waals surface area contributed by atoms with Crippen LogP contribution in [0.1, 0.15) is 36.2 Å². The van der Waals surface area contributed by atoms with Crippen LogP contribution in [0.15, 0.2) is 22.7 Å². The Kier molecular flexibility index (Phi) is 6.84. The molecule has 0 bridgehead atoms. The van der Waals surface area contributed by atoms with E-state index >= 15 is 0 Å². The van der Waals surface area contributed by atoms with Gasteiger partial charge in [0.25, 0.3) is 0 Å². The van der Waals surface area contributed by atoms with Gasteiger partial charge < -0.3 is 15.2 Å². The topological polar surface area (TPSA) is 75.6 Å². The zero-order valence-corrected chi connectivity index (χ0v) is 13.9. The van der Waals surface area contributed by atoms with Crippen LogP contribution in [0.25, 0.3) is 0 Å². The number of aliphatic carboxylic acids is 1.